The van der Waals surface area contributed by atoms with Crippen LogP contribution >= 0.6 is 0 Å². The monoisotopic (exact) mass is 347 g/mol. The first kappa shape index (κ1) is 17.7. The molecule has 2 fully saturated rings. The Bertz CT molecular complexity index is 560. The Kier molecular flexibility index (Phi) is 6.50. The maximum Gasteiger partial charge on any atom is 0.288 e. The summed E-state index contributed by atoms with van der Waals surface area (Å²) < 4.78 is 21.2. The van der Waals surface area contributed by atoms with Gasteiger partial charge in [-0.25, -0.2) is 4.72 Å². The highest BCUT2D eigenvalue weighted by Gasteiger charge is 2.47. The van der Waals surface area contributed by atoms with Crippen molar-refractivity contribution in [2.45, 2.75) is 57.9 Å². The standard InChI is InChI=1S/C20H29NO2S/c1-2-3-4-5-9-12-19-16-13-14-17(15-16)20(19)21-24(22)23-18-10-7-6-8-11-18/h5-11,16-17,19-21H,2-4,12-15H2,1H3/b9-5-/t16-,17+,19-,20?,24?/m0/s1. The Balaban J connectivity index is 1.54. The van der Waals surface area contributed by atoms with Gasteiger partial charge in [-0.15, -0.1) is 0 Å². The summed E-state index contributed by atoms with van der Waals surface area (Å²) in [6, 6.07) is 9.73. The van der Waals surface area contributed by atoms with Crippen LogP contribution in [0.3, 0.4) is 0 Å². The summed E-state index contributed by atoms with van der Waals surface area (Å²) in [5.41, 5.74) is 0. The summed E-state index contributed by atoms with van der Waals surface area (Å²) >= 11 is -1.47. The van der Waals surface area contributed by atoms with Crippen LogP contribution in [0.25, 0.3) is 0 Å². The maximum absolute atomic E-state index is 12.4. The molecule has 2 saturated carbocycles. The van der Waals surface area contributed by atoms with E-state index in [9.17, 15) is 4.21 Å². The first-order valence-corrected chi connectivity index (χ1v) is 10.4. The number of unbranched alkanes of at least 4 members (excludes halogenated alkanes) is 2. The predicted molar refractivity (Wildman–Crippen MR) is 99.7 cm³/mol. The average Bonchev–Trinajstić information content (AvgIpc) is 3.18. The molecule has 1 aromatic carbocycles. The van der Waals surface area contributed by atoms with Gasteiger partial charge < -0.3 is 4.18 Å². The molecule has 0 aliphatic heterocycles. The van der Waals surface area contributed by atoms with Crippen LogP contribution in [0.2, 0.25) is 0 Å². The molecular weight excluding hydrogens is 318 g/mol. The van der Waals surface area contributed by atoms with E-state index in [0.29, 0.717) is 23.6 Å². The quantitative estimate of drug-likeness (QED) is 0.515. The summed E-state index contributed by atoms with van der Waals surface area (Å²) in [6.45, 7) is 2.23. The van der Waals surface area contributed by atoms with Crippen LogP contribution in [0, 0.1) is 17.8 Å². The van der Waals surface area contributed by atoms with E-state index in [0.717, 1.165) is 12.3 Å². The lowest BCUT2D eigenvalue weighted by molar-refractivity contribution is 0.273. The van der Waals surface area contributed by atoms with E-state index in [2.05, 4.69) is 23.8 Å². The number of nitrogens with one attached hydrogen (secondary N) is 1. The van der Waals surface area contributed by atoms with Crippen molar-refractivity contribution in [3.05, 3.63) is 42.5 Å². The van der Waals surface area contributed by atoms with E-state index in [-0.39, 0.29) is 0 Å². The van der Waals surface area contributed by atoms with Gasteiger partial charge >= 0.3 is 0 Å². The molecule has 2 bridgehead atoms. The number of hydrogen-bond donors (Lipinski definition) is 1. The van der Waals surface area contributed by atoms with Crippen LogP contribution in [-0.4, -0.2) is 10.3 Å². The molecule has 2 aliphatic rings. The molecule has 1 aromatic rings. The van der Waals surface area contributed by atoms with Gasteiger partial charge in [0.05, 0.1) is 0 Å². The molecule has 1 N–H and O–H groups in total. The highest BCUT2D eigenvalue weighted by molar-refractivity contribution is 7.78. The lowest BCUT2D eigenvalue weighted by Gasteiger charge is -2.30. The zero-order valence-electron chi connectivity index (χ0n) is 14.5. The number of hydrogen-bond acceptors (Lipinski definition) is 2. The van der Waals surface area contributed by atoms with Gasteiger partial charge in [0, 0.05) is 6.04 Å². The van der Waals surface area contributed by atoms with Gasteiger partial charge in [-0.1, -0.05) is 50.1 Å². The van der Waals surface area contributed by atoms with Crippen LogP contribution in [0.15, 0.2) is 42.5 Å². The molecule has 0 saturated heterocycles. The zero-order valence-corrected chi connectivity index (χ0v) is 15.3. The van der Waals surface area contributed by atoms with Crippen molar-refractivity contribution in [2.24, 2.45) is 17.8 Å². The summed E-state index contributed by atoms with van der Waals surface area (Å²) in [6.07, 6.45) is 13.4. The molecule has 0 aromatic heterocycles. The molecular formula is C20H29NO2S. The average molecular weight is 348 g/mol. The van der Waals surface area contributed by atoms with E-state index < -0.39 is 11.3 Å². The summed E-state index contributed by atoms with van der Waals surface area (Å²) in [5.74, 6) is 2.71. The molecule has 0 radical (unpaired) electrons. The highest BCUT2D eigenvalue weighted by Crippen LogP contribution is 2.50. The van der Waals surface area contributed by atoms with Crippen molar-refractivity contribution in [3.8, 4) is 5.75 Å². The van der Waals surface area contributed by atoms with Crippen LogP contribution < -0.4 is 8.91 Å². The van der Waals surface area contributed by atoms with Gasteiger partial charge in [0.15, 0.2) is 0 Å². The lowest BCUT2D eigenvalue weighted by atomic mass is 9.83. The topological polar surface area (TPSA) is 38.3 Å². The fourth-order valence-corrected chi connectivity index (χ4v) is 5.25. The molecule has 2 aliphatic carbocycles. The molecule has 0 heterocycles. The van der Waals surface area contributed by atoms with Crippen molar-refractivity contribution >= 4 is 11.3 Å². The number of fused-ring (bicyclic) bond motifs is 2. The van der Waals surface area contributed by atoms with Crippen molar-refractivity contribution in [1.82, 2.24) is 4.72 Å². The van der Waals surface area contributed by atoms with Crippen LogP contribution in [0.5, 0.6) is 5.75 Å². The molecule has 132 valence electrons. The third-order valence-electron chi connectivity index (χ3n) is 5.54. The highest BCUT2D eigenvalue weighted by atomic mass is 32.2. The second kappa shape index (κ2) is 8.82. The molecule has 3 rings (SSSR count). The van der Waals surface area contributed by atoms with Crippen molar-refractivity contribution in [1.29, 1.82) is 0 Å². The van der Waals surface area contributed by atoms with Gasteiger partial charge in [0.25, 0.3) is 11.3 Å². The van der Waals surface area contributed by atoms with E-state index in [1.165, 1.54) is 38.5 Å². The molecule has 3 nitrogen and oxygen atoms in total. The third kappa shape index (κ3) is 4.48. The van der Waals surface area contributed by atoms with E-state index >= 15 is 0 Å². The minimum Gasteiger partial charge on any atom is -0.389 e. The Labute approximate surface area is 148 Å². The number of para-hydroxylation sites is 1. The summed E-state index contributed by atoms with van der Waals surface area (Å²) in [5, 5.41) is 0. The predicted octanol–water partition coefficient (Wildman–Crippen LogP) is 4.78. The molecule has 5 atom stereocenters. The lowest BCUT2D eigenvalue weighted by Crippen LogP contribution is -2.42. The van der Waals surface area contributed by atoms with E-state index in [1.54, 1.807) is 0 Å². The Morgan fingerprint density at radius 1 is 1.21 bits per heavy atom. The Hall–Kier alpha value is -1.13. The largest absolute Gasteiger partial charge is 0.389 e. The first-order chi connectivity index (χ1) is 11.8. The normalized spacial score (nSPS) is 30.0. The fourth-order valence-electron chi connectivity index (χ4n) is 4.33. The zero-order chi connectivity index (χ0) is 16.8. The molecule has 24 heavy (non-hydrogen) atoms. The van der Waals surface area contributed by atoms with Crippen LogP contribution in [0.1, 0.15) is 51.9 Å². The molecule has 0 amide bonds. The first-order valence-electron chi connectivity index (χ1n) is 9.34. The molecule has 4 heteroatoms. The van der Waals surface area contributed by atoms with Gasteiger partial charge in [-0.2, -0.15) is 4.21 Å². The summed E-state index contributed by atoms with van der Waals surface area (Å²) in [4.78, 5) is 0. The second-order valence-electron chi connectivity index (χ2n) is 7.12. The maximum atomic E-state index is 12.4. The Morgan fingerprint density at radius 2 is 2.00 bits per heavy atom. The van der Waals surface area contributed by atoms with Crippen molar-refractivity contribution < 1.29 is 8.39 Å². The fraction of sp³-hybridized carbons (Fsp3) is 0.600. The third-order valence-corrected chi connectivity index (χ3v) is 6.34. The number of benzene rings is 1. The van der Waals surface area contributed by atoms with E-state index in [1.807, 2.05) is 30.3 Å². The van der Waals surface area contributed by atoms with Crippen LogP contribution in [0.4, 0.5) is 0 Å². The number of rotatable bonds is 9. The van der Waals surface area contributed by atoms with Gasteiger partial charge in [-0.3, -0.25) is 0 Å². The van der Waals surface area contributed by atoms with Gasteiger partial charge in [0.2, 0.25) is 0 Å². The molecule has 2 unspecified atom stereocenters. The summed E-state index contributed by atoms with van der Waals surface area (Å²) in [7, 11) is 0. The van der Waals surface area contributed by atoms with Crippen molar-refractivity contribution in [3.63, 3.8) is 0 Å². The van der Waals surface area contributed by atoms with Gasteiger partial charge in [-0.05, 0) is 62.0 Å². The van der Waals surface area contributed by atoms with Crippen molar-refractivity contribution in [2.75, 3.05) is 0 Å². The minimum atomic E-state index is -1.47. The van der Waals surface area contributed by atoms with E-state index in [4.69, 9.17) is 4.18 Å². The molecule has 0 spiro atoms. The second-order valence-corrected chi connectivity index (χ2v) is 7.99. The van der Waals surface area contributed by atoms with Crippen LogP contribution in [-0.2, 0) is 11.3 Å². The smallest absolute Gasteiger partial charge is 0.288 e. The number of allylic oxidation sites excluding steroid dienone is 2. The minimum absolute atomic E-state index is 0.323. The Morgan fingerprint density at radius 3 is 2.79 bits per heavy atom. The SMILES string of the molecule is CCCC/C=C\C[C@@H]1C(NS(=O)Oc2ccccc2)[C@@H]2CC[C@H]1C2. The van der Waals surface area contributed by atoms with Gasteiger partial charge in [0.1, 0.15) is 5.75 Å².